The van der Waals surface area contributed by atoms with Gasteiger partial charge in [0, 0.05) is 44.3 Å². The first kappa shape index (κ1) is 55.2. The quantitative estimate of drug-likeness (QED) is 0.0262. The van der Waals surface area contributed by atoms with Gasteiger partial charge in [-0.05, 0) is 119 Å². The van der Waals surface area contributed by atoms with Crippen LogP contribution in [0.4, 0.5) is 0 Å². The number of hydrogen-bond donors (Lipinski definition) is 10. The fourth-order valence-corrected chi connectivity index (χ4v) is 8.99. The summed E-state index contributed by atoms with van der Waals surface area (Å²) in [6, 6.07) is 38.4. The minimum Gasteiger partial charge on any atom is -0.494 e. The van der Waals surface area contributed by atoms with Crippen LogP contribution in [0.1, 0.15) is 22.8 Å². The molecular weight excluding hydrogens is 1020 g/mol. The van der Waals surface area contributed by atoms with Gasteiger partial charge in [0.15, 0.2) is 26.4 Å². The lowest BCUT2D eigenvalue weighted by molar-refractivity contribution is -0.364. The molecule has 0 saturated heterocycles. The number of aliphatic imine (C=N–C) groups is 4. The van der Waals surface area contributed by atoms with Gasteiger partial charge in [-0.3, -0.25) is 0 Å². The van der Waals surface area contributed by atoms with E-state index in [4.69, 9.17) is 28.9 Å². The number of fused-ring (bicyclic) bond motifs is 8. The van der Waals surface area contributed by atoms with Crippen LogP contribution in [0.5, 0.6) is 23.0 Å². The number of hydrogen-bond acceptors (Lipinski definition) is 10. The first-order chi connectivity index (χ1) is 39.1. The number of nitrogens with one attached hydrogen (secondary N) is 2. The van der Waals surface area contributed by atoms with E-state index in [0.29, 0.717) is 98.1 Å². The lowest BCUT2D eigenvalue weighted by atomic mass is 10.0. The van der Waals surface area contributed by atoms with E-state index in [0.717, 1.165) is 66.6 Å². The molecule has 4 aromatic carbocycles. The second-order valence-corrected chi connectivity index (χ2v) is 18.4. The number of aliphatic hydroxyl groups is 4. The summed E-state index contributed by atoms with van der Waals surface area (Å²) in [5, 5.41) is 42.0. The van der Waals surface area contributed by atoms with Gasteiger partial charge in [-0.25, -0.2) is 29.9 Å². The van der Waals surface area contributed by atoms with Crippen molar-refractivity contribution in [1.82, 2.24) is 19.9 Å². The van der Waals surface area contributed by atoms with Crippen LogP contribution >= 0.6 is 0 Å². The Labute approximate surface area is 460 Å². The highest BCUT2D eigenvalue weighted by atomic mass is 16.5. The third-order valence-electron chi connectivity index (χ3n) is 12.5. The fourth-order valence-electron chi connectivity index (χ4n) is 8.99. The van der Waals surface area contributed by atoms with Gasteiger partial charge in [0.2, 0.25) is 23.6 Å². The monoisotopic (exact) mass is 1080 g/mol. The summed E-state index contributed by atoms with van der Waals surface area (Å²) in [5.41, 5.74) is 26.8. The normalized spacial score (nSPS) is 12.8. The molecule has 0 saturated carbocycles. The van der Waals surface area contributed by atoms with Gasteiger partial charge in [0.1, 0.15) is 23.0 Å². The maximum absolute atomic E-state index is 10.5. The van der Waals surface area contributed by atoms with Crippen LogP contribution in [0.2, 0.25) is 0 Å². The highest BCUT2D eigenvalue weighted by molar-refractivity contribution is 6.00. The zero-order valence-electron chi connectivity index (χ0n) is 44.3. The summed E-state index contributed by atoms with van der Waals surface area (Å²) in [6.07, 6.45) is 7.91. The molecule has 80 heavy (non-hydrogen) atoms. The Morgan fingerprint density at radius 3 is 0.825 bits per heavy atom. The van der Waals surface area contributed by atoms with Crippen LogP contribution in [-0.4, -0.2) is 143 Å². The van der Waals surface area contributed by atoms with E-state index >= 15 is 0 Å². The van der Waals surface area contributed by atoms with E-state index in [1.54, 1.807) is 0 Å². The van der Waals surface area contributed by atoms with Crippen LogP contribution in [-0.2, 0) is 0 Å². The van der Waals surface area contributed by atoms with Gasteiger partial charge in [-0.2, -0.15) is 0 Å². The Hall–Kier alpha value is -9.60. The molecule has 0 atom stereocenters. The van der Waals surface area contributed by atoms with Crippen molar-refractivity contribution in [3.8, 4) is 67.5 Å². The average molecular weight is 1080 g/mol. The third-order valence-corrected chi connectivity index (χ3v) is 12.5. The topological polar surface area (TPSA) is 335 Å². The first-order valence-electron chi connectivity index (χ1n) is 26.3. The van der Waals surface area contributed by atoms with Gasteiger partial charge >= 0.3 is 0 Å². The largest absolute Gasteiger partial charge is 0.494 e. The van der Waals surface area contributed by atoms with Gasteiger partial charge in [-0.1, -0.05) is 48.5 Å². The Morgan fingerprint density at radius 2 is 0.600 bits per heavy atom. The molecule has 0 amide bonds. The van der Waals surface area contributed by atoms with Crippen molar-refractivity contribution in [1.29, 1.82) is 0 Å². The lowest BCUT2D eigenvalue weighted by Crippen LogP contribution is -2.51. The molecule has 5 heterocycles. The smallest absolute Gasteiger partial charge is 0.220 e. The zero-order valence-corrected chi connectivity index (χ0v) is 44.3. The average Bonchev–Trinajstić information content (AvgIpc) is 4.43. The van der Waals surface area contributed by atoms with E-state index in [1.165, 1.54) is 0 Å². The molecule has 0 fully saturated rings. The first-order valence-corrected chi connectivity index (χ1v) is 26.3. The molecule has 9 rings (SSSR count). The van der Waals surface area contributed by atoms with Crippen LogP contribution in [0.15, 0.2) is 141 Å². The number of quaternary nitrogens is 4. The van der Waals surface area contributed by atoms with Crippen LogP contribution in [0, 0.1) is 0 Å². The minimum atomic E-state index is -0.132. The lowest BCUT2D eigenvalue weighted by Gasteiger charge is -2.10. The number of aromatic nitrogens is 4. The van der Waals surface area contributed by atoms with Crippen molar-refractivity contribution < 1.29 is 62.3 Å². The van der Waals surface area contributed by atoms with Crippen LogP contribution in [0.3, 0.4) is 0 Å². The molecule has 8 bridgehead atoms. The molecule has 0 radical (unpaired) electrons. The Morgan fingerprint density at radius 1 is 0.362 bits per heavy atom. The van der Waals surface area contributed by atoms with E-state index in [9.17, 15) is 20.4 Å². The van der Waals surface area contributed by atoms with E-state index in [1.807, 2.05) is 146 Å². The third kappa shape index (κ3) is 13.7. The Balaban J connectivity index is 1.32. The fraction of sp³-hybridized carbons (Fsp3) is 0.200. The zero-order chi connectivity index (χ0) is 55.8. The van der Waals surface area contributed by atoms with Gasteiger partial charge in [0.05, 0.1) is 75.1 Å². The number of nitrogens with zero attached hydrogens (tertiary/aromatic N) is 6. The molecule has 2 aliphatic rings. The van der Waals surface area contributed by atoms with E-state index < -0.39 is 0 Å². The predicted octanol–water partition coefficient (Wildman–Crippen LogP) is 5.63. The maximum atomic E-state index is 10.5. The minimum absolute atomic E-state index is 0.125. The molecule has 410 valence electrons. The van der Waals surface area contributed by atoms with Crippen molar-refractivity contribution in [2.45, 2.75) is 0 Å². The van der Waals surface area contributed by atoms with Gasteiger partial charge < -0.3 is 72.3 Å². The standard InChI is InChI=1S/C60H62N12O8/c61-21-25-65-53(73)33-77-41-9-1-5-37(29-41)57-45-13-15-47(69-45)58(38-6-2-10-42(30-38)78-34-54(74)66-26-22-62)49-17-19-51(71-49)60(40-8-4-12-44(32-40)80-36-56(76)68-28-24-64)52-20-18-50(72-52)59(48-16-14-46(57)70-48)39-7-3-11-43(31-39)79-35-55(75)67-27-23-63/h1-20,29-32,69,72H,21-28,33-36,61-64H2,(H,65,73)(H,66,74)(H,67,75)(H,68,76)/p+4. The molecule has 7 aromatic rings. The van der Waals surface area contributed by atoms with Crippen molar-refractivity contribution in [2.75, 3.05) is 78.8 Å². The second kappa shape index (κ2) is 26.6. The van der Waals surface area contributed by atoms with Crippen molar-refractivity contribution >= 4 is 70.0 Å². The molecule has 20 nitrogen and oxygen atoms in total. The predicted molar refractivity (Wildman–Crippen MR) is 313 cm³/mol. The van der Waals surface area contributed by atoms with Gasteiger partial charge in [0.25, 0.3) is 0 Å². The molecular formula is C60H66N12O8+4. The summed E-state index contributed by atoms with van der Waals surface area (Å²) in [4.78, 5) is 35.0. The molecule has 20 heteroatoms. The SMILES string of the molecule is [NH3+]CCN=C(O)COc1cccc(-c2c3nc(c(-c4cccc(OCC(O)=NCC[NH3+])c4)c4ccc([nH]4)c(-c4cccc(OCC(O)=NCC[NH3+])c4)c4nc(c(-c5cccc(OCC(O)=NCC[NH3+])c5)c5ccc2[nH]5)C=C4)C=C3)c1. The molecule has 3 aromatic heterocycles. The van der Waals surface area contributed by atoms with Gasteiger partial charge in [-0.15, -0.1) is 0 Å². The van der Waals surface area contributed by atoms with Crippen molar-refractivity contribution in [2.24, 2.45) is 20.0 Å². The number of H-pyrrole nitrogens is 2. The summed E-state index contributed by atoms with van der Waals surface area (Å²) in [5.74, 6) is 1.49. The summed E-state index contributed by atoms with van der Waals surface area (Å²) in [7, 11) is 0. The molecule has 18 N–H and O–H groups in total. The number of rotatable bonds is 24. The molecule has 2 aliphatic heterocycles. The Bertz CT molecular complexity index is 3240. The maximum Gasteiger partial charge on any atom is 0.220 e. The van der Waals surface area contributed by atoms with Crippen molar-refractivity contribution in [3.05, 3.63) is 144 Å². The highest BCUT2D eigenvalue weighted by Crippen LogP contribution is 2.40. The number of aromatic amines is 2. The molecule has 0 unspecified atom stereocenters. The summed E-state index contributed by atoms with van der Waals surface area (Å²) >= 11 is 0. The highest BCUT2D eigenvalue weighted by Gasteiger charge is 2.21. The van der Waals surface area contributed by atoms with Crippen LogP contribution < -0.4 is 41.9 Å². The number of ether oxygens (including phenoxy) is 4. The van der Waals surface area contributed by atoms with E-state index in [-0.39, 0.29) is 50.0 Å². The number of benzene rings is 4. The Kier molecular flexibility index (Phi) is 18.4. The van der Waals surface area contributed by atoms with Crippen molar-refractivity contribution in [3.63, 3.8) is 0 Å². The number of aliphatic hydroxyl groups excluding tert-OH is 4. The van der Waals surface area contributed by atoms with Crippen LogP contribution in [0.25, 0.3) is 90.9 Å². The molecule has 0 spiro atoms. The van der Waals surface area contributed by atoms with E-state index in [2.05, 4.69) is 52.9 Å². The summed E-state index contributed by atoms with van der Waals surface area (Å²) in [6.45, 7) is 3.15. The summed E-state index contributed by atoms with van der Waals surface area (Å²) < 4.78 is 24.4. The molecule has 0 aliphatic carbocycles. The second-order valence-electron chi connectivity index (χ2n) is 18.4.